The molecule has 3 saturated carbocycles. The highest BCUT2D eigenvalue weighted by Crippen LogP contribution is 2.55. The first-order valence-electron chi connectivity index (χ1n) is 32.5. The number of esters is 16. The Morgan fingerprint density at radius 1 is 0.375 bits per heavy atom. The molecule has 0 amide bonds. The second kappa shape index (κ2) is 33.0. The summed E-state index contributed by atoms with van der Waals surface area (Å²) in [5.74, 6) is -9.41. The zero-order chi connectivity index (χ0) is 75.5. The molecule has 34 nitrogen and oxygen atoms in total. The predicted molar refractivity (Wildman–Crippen MR) is 335 cm³/mol. The molecular formula is C70H60O34. The summed E-state index contributed by atoms with van der Waals surface area (Å²) in [5.41, 5.74) is -0.0795. The Hall–Kier alpha value is -12.3. The Bertz CT molecular complexity index is 4380. The van der Waals surface area contributed by atoms with Gasteiger partial charge in [-0.2, -0.15) is 0 Å². The van der Waals surface area contributed by atoms with E-state index in [0.717, 1.165) is 101 Å². The largest absolute Gasteiger partial charge is 0.473 e. The van der Waals surface area contributed by atoms with Crippen LogP contribution in [0, 0.1) is 53.3 Å². The van der Waals surface area contributed by atoms with Gasteiger partial charge in [0.15, 0.2) is 0 Å². The van der Waals surface area contributed by atoms with Crippen molar-refractivity contribution in [3.63, 3.8) is 0 Å². The minimum absolute atomic E-state index is 0.0181. The van der Waals surface area contributed by atoms with E-state index in [9.17, 15) is 95.9 Å². The van der Waals surface area contributed by atoms with Crippen molar-refractivity contribution >= 4 is 129 Å². The Labute approximate surface area is 581 Å². The van der Waals surface area contributed by atoms with E-state index in [0.29, 0.717) is 76.9 Å². The van der Waals surface area contributed by atoms with Crippen LogP contribution in [0.25, 0.3) is 21.5 Å². The molecule has 4 aromatic rings. The lowest BCUT2D eigenvalue weighted by atomic mass is 9.81. The zero-order valence-electron chi connectivity index (χ0n) is 54.7. The van der Waals surface area contributed by atoms with Crippen LogP contribution in [0.4, 0.5) is 0 Å². The van der Waals surface area contributed by atoms with Crippen molar-refractivity contribution in [1.82, 2.24) is 0 Å². The molecule has 6 aliphatic carbocycles. The first-order valence-corrected chi connectivity index (χ1v) is 32.5. The number of cyclic esters (lactones) is 16. The van der Waals surface area contributed by atoms with E-state index in [4.69, 9.17) is 19.8 Å². The summed E-state index contributed by atoms with van der Waals surface area (Å²) < 4.78 is 43.7. The van der Waals surface area contributed by atoms with Gasteiger partial charge in [0.2, 0.25) is 0 Å². The van der Waals surface area contributed by atoms with Crippen molar-refractivity contribution in [1.29, 1.82) is 0 Å². The van der Waals surface area contributed by atoms with Gasteiger partial charge in [-0.05, 0) is 132 Å². The first-order chi connectivity index (χ1) is 49.4. The number of ether oxygens (including phenoxy) is 8. The van der Waals surface area contributed by atoms with Crippen LogP contribution in [0.2, 0.25) is 0 Å². The quantitative estimate of drug-likeness (QED) is 0.0836. The SMILES string of the molecule is CC1CCC2=C(C1)C(=O)OC2=O.O=C(O)C(=O)O.O=C1C=CC(=O)O1.O=C1CCC(=O)O1.O=C1OC(=O)C2=C1CCCC2.O=C1OC(=O)C2C3CCC(C3)C12.O=C1OC(=O)C2CC=CCC12.O=C1OC(=O)C2CCCCC12.O=C1OC(=O)c2ccccc21.O=c1oc(=O)c2cc3c(=O)oc(=O)c3cc12. The molecule has 104 heavy (non-hydrogen) atoms. The van der Waals surface area contributed by atoms with Crippen molar-refractivity contribution in [3.05, 3.63) is 136 Å². The predicted octanol–water partition coefficient (Wildman–Crippen LogP) is 3.51. The van der Waals surface area contributed by atoms with Gasteiger partial charge in [0.25, 0.3) is 0 Å². The van der Waals surface area contributed by atoms with Crippen LogP contribution >= 0.6 is 0 Å². The molecule has 18 rings (SSSR count). The first kappa shape index (κ1) is 75.9. The van der Waals surface area contributed by atoms with Gasteiger partial charge in [-0.3, -0.25) is 38.4 Å². The molecule has 9 unspecified atom stereocenters. The van der Waals surface area contributed by atoms with E-state index in [1.54, 1.807) is 24.3 Å². The van der Waals surface area contributed by atoms with Gasteiger partial charge < -0.3 is 56.9 Å². The van der Waals surface area contributed by atoms with E-state index in [-0.39, 0.29) is 106 Å². The third-order valence-electron chi connectivity index (χ3n) is 18.6. The number of fused-ring (bicyclic) bond motifs is 10. The molecule has 0 spiro atoms. The number of carbonyl (C=O) groups is 18. The maximum absolute atomic E-state index is 11.2. The third-order valence-corrected chi connectivity index (χ3v) is 18.6. The van der Waals surface area contributed by atoms with Crippen LogP contribution in [-0.2, 0) is 115 Å². The van der Waals surface area contributed by atoms with E-state index in [2.05, 4.69) is 53.7 Å². The Morgan fingerprint density at radius 2 is 0.740 bits per heavy atom. The van der Waals surface area contributed by atoms with Crippen LogP contribution < -0.4 is 22.5 Å². The normalized spacial score (nSPS) is 25.5. The molecule has 2 aromatic carbocycles. The number of hydrogen-bond donors (Lipinski definition) is 2. The fourth-order valence-electron chi connectivity index (χ4n) is 13.5. The minimum Gasteiger partial charge on any atom is -0.473 e. The standard InChI is InChI=1S/C10H2O6.2C9H10O3.C8H10O3.2C8H8O3.C8H4O3.C4H4O3.C4H2O3.C2H2O4/c11-7-3-1-4-6(10(14)16-8(4)12)2-5(3)9(13)15-7;10-8-6-4-1-2-5(3-4)7(6)9(11)12-8;1-5-2-3-6-7(4-5)9(11)12-8(6)10;4*9-7-5-3-1-2-4-6(5)8(10)11-7;2*5-3-1-2-4(6)7-3;3-1(4)2(5)6/h1-2H;4-7H,1-3H2;5H,2-4H2,1H3;5-6H,1-4H2;1-4H2;1-2,5-6H,3-4H2;1-4H;1-2H2;1-2H;(H,3,4)(H,5,6). The molecule has 4 saturated heterocycles. The van der Waals surface area contributed by atoms with E-state index in [1.165, 1.54) is 0 Å². The van der Waals surface area contributed by atoms with Gasteiger partial charge in [0, 0.05) is 34.4 Å². The average molecular weight is 1450 g/mol. The molecule has 2 bridgehead atoms. The molecular weight excluding hydrogens is 1380 g/mol. The van der Waals surface area contributed by atoms with E-state index in [1.807, 2.05) is 12.2 Å². The molecule has 14 aliphatic rings. The maximum atomic E-state index is 11.2. The number of benzene rings is 2. The van der Waals surface area contributed by atoms with Crippen molar-refractivity contribution in [3.8, 4) is 0 Å². The molecule has 9 atom stereocenters. The molecule has 544 valence electrons. The van der Waals surface area contributed by atoms with Gasteiger partial charge in [-0.25, -0.2) is 67.1 Å². The second-order valence-electron chi connectivity index (χ2n) is 25.1. The molecule has 7 fully saturated rings. The van der Waals surface area contributed by atoms with E-state index < -0.39 is 94.1 Å². The van der Waals surface area contributed by atoms with Crippen molar-refractivity contribution < 1.29 is 143 Å². The number of allylic oxidation sites excluding steroid dienone is 2. The van der Waals surface area contributed by atoms with Crippen molar-refractivity contribution in [2.75, 3.05) is 0 Å². The summed E-state index contributed by atoms with van der Waals surface area (Å²) in [6.07, 6.45) is 20.9. The molecule has 10 heterocycles. The molecule has 8 aliphatic heterocycles. The van der Waals surface area contributed by atoms with Crippen LogP contribution in [0.1, 0.15) is 143 Å². The monoisotopic (exact) mass is 1440 g/mol. The highest BCUT2D eigenvalue weighted by atomic mass is 16.6. The number of hydrogen-bond acceptors (Lipinski definition) is 32. The lowest BCUT2D eigenvalue weighted by Gasteiger charge is -2.18. The summed E-state index contributed by atoms with van der Waals surface area (Å²) >= 11 is 0. The number of rotatable bonds is 0. The number of furan rings is 2. The highest BCUT2D eigenvalue weighted by molar-refractivity contribution is 6.27. The fraction of sp³-hybridized carbons (Fsp3) is 0.400. The number of carbonyl (C=O) groups excluding carboxylic acids is 16. The highest BCUT2D eigenvalue weighted by Gasteiger charge is 2.60. The summed E-state index contributed by atoms with van der Waals surface area (Å²) in [5, 5.41) is 14.7. The summed E-state index contributed by atoms with van der Waals surface area (Å²) in [6, 6.07) is 8.82. The zero-order valence-corrected chi connectivity index (χ0v) is 54.7. The van der Waals surface area contributed by atoms with Crippen LogP contribution in [0.3, 0.4) is 0 Å². The third kappa shape index (κ3) is 17.7. The Balaban J connectivity index is 0.000000135. The summed E-state index contributed by atoms with van der Waals surface area (Å²) in [6.45, 7) is 2.08. The molecule has 34 heteroatoms. The Kier molecular flexibility index (Phi) is 24.1. The lowest BCUT2D eigenvalue weighted by Crippen LogP contribution is -2.24. The van der Waals surface area contributed by atoms with Gasteiger partial charge in [-0.1, -0.05) is 44.1 Å². The number of carboxylic acid groups (broad SMARTS) is 2. The van der Waals surface area contributed by atoms with Crippen molar-refractivity contribution in [2.24, 2.45) is 53.3 Å². The van der Waals surface area contributed by atoms with Gasteiger partial charge in [0.1, 0.15) is 0 Å². The second-order valence-corrected chi connectivity index (χ2v) is 25.1. The smallest absolute Gasteiger partial charge is 0.414 e. The topological polar surface area (TPSA) is 516 Å². The number of carboxylic acids is 2. The van der Waals surface area contributed by atoms with Crippen LogP contribution in [0.5, 0.6) is 0 Å². The molecule has 0 radical (unpaired) electrons. The van der Waals surface area contributed by atoms with Crippen LogP contribution in [0.15, 0.2) is 111 Å². The van der Waals surface area contributed by atoms with E-state index >= 15 is 0 Å². The minimum atomic E-state index is -1.82. The maximum Gasteiger partial charge on any atom is 0.414 e. The fourth-order valence-corrected chi connectivity index (χ4v) is 13.5. The molecule has 2 aromatic heterocycles. The van der Waals surface area contributed by atoms with Gasteiger partial charge in [-0.15, -0.1) is 0 Å². The molecule has 2 N–H and O–H groups in total. The Morgan fingerprint density at radius 3 is 1.11 bits per heavy atom. The number of aliphatic carboxylic acids is 2. The summed E-state index contributed by atoms with van der Waals surface area (Å²) in [7, 11) is 0. The van der Waals surface area contributed by atoms with Crippen LogP contribution in [-0.4, -0.2) is 118 Å². The lowest BCUT2D eigenvalue weighted by molar-refractivity contribution is -0.159. The average Bonchev–Trinajstić information content (AvgIpc) is 1.59. The van der Waals surface area contributed by atoms with Gasteiger partial charge >= 0.3 is 130 Å². The van der Waals surface area contributed by atoms with Crippen molar-refractivity contribution in [2.45, 2.75) is 122 Å². The van der Waals surface area contributed by atoms with Gasteiger partial charge in [0.05, 0.1) is 81.0 Å². The summed E-state index contributed by atoms with van der Waals surface area (Å²) in [4.78, 5) is 235.